The van der Waals surface area contributed by atoms with Crippen LogP contribution in [0.3, 0.4) is 0 Å². The highest BCUT2D eigenvalue weighted by atomic mass is 16.6. The fourth-order valence-corrected chi connectivity index (χ4v) is 2.72. The molecule has 7 nitrogen and oxygen atoms in total. The highest BCUT2D eigenvalue weighted by molar-refractivity contribution is 6.06. The zero-order valence-corrected chi connectivity index (χ0v) is 15.5. The average Bonchev–Trinajstić information content (AvgIpc) is 2.69. The van der Waals surface area contributed by atoms with Gasteiger partial charge in [-0.3, -0.25) is 14.9 Å². The number of nitro benzene ring substituents is 1. The smallest absolute Gasteiger partial charge is 0.273 e. The molecule has 0 aliphatic heterocycles. The predicted molar refractivity (Wildman–Crippen MR) is 106 cm³/mol. The zero-order valence-electron chi connectivity index (χ0n) is 15.5. The number of pyridine rings is 1. The third-order valence-electron chi connectivity index (χ3n) is 4.09. The molecule has 28 heavy (non-hydrogen) atoms. The van der Waals surface area contributed by atoms with Crippen LogP contribution in [0.25, 0.3) is 0 Å². The van der Waals surface area contributed by atoms with Gasteiger partial charge in [-0.1, -0.05) is 38.1 Å². The molecule has 0 aliphatic carbocycles. The number of benzene rings is 2. The van der Waals surface area contributed by atoms with E-state index in [4.69, 9.17) is 4.74 Å². The van der Waals surface area contributed by atoms with Gasteiger partial charge in [-0.2, -0.15) is 0 Å². The number of nitro groups is 1. The van der Waals surface area contributed by atoms with E-state index in [0.717, 1.165) is 5.56 Å². The minimum Gasteiger partial charge on any atom is -0.438 e. The second kappa shape index (κ2) is 8.30. The van der Waals surface area contributed by atoms with Crippen LogP contribution in [0, 0.1) is 10.1 Å². The molecule has 7 heteroatoms. The van der Waals surface area contributed by atoms with Crippen LogP contribution in [0.5, 0.6) is 11.6 Å². The Morgan fingerprint density at radius 3 is 2.64 bits per heavy atom. The van der Waals surface area contributed by atoms with Crippen LogP contribution in [0.4, 0.5) is 11.4 Å². The molecule has 1 heterocycles. The minimum atomic E-state index is -0.512. The summed E-state index contributed by atoms with van der Waals surface area (Å²) in [5.41, 5.74) is 1.85. The van der Waals surface area contributed by atoms with Crippen molar-refractivity contribution >= 4 is 17.3 Å². The van der Waals surface area contributed by atoms with Crippen LogP contribution in [0.2, 0.25) is 0 Å². The molecule has 0 saturated carbocycles. The lowest BCUT2D eigenvalue weighted by Gasteiger charge is -2.14. The Labute approximate surface area is 162 Å². The normalized spacial score (nSPS) is 10.5. The summed E-state index contributed by atoms with van der Waals surface area (Å²) in [7, 11) is 0. The lowest BCUT2D eigenvalue weighted by molar-refractivity contribution is -0.384. The number of amides is 1. The maximum absolute atomic E-state index is 12.8. The van der Waals surface area contributed by atoms with Crippen molar-refractivity contribution < 1.29 is 14.5 Å². The number of aromatic nitrogens is 1. The molecule has 0 spiro atoms. The number of rotatable bonds is 6. The molecule has 2 aromatic carbocycles. The van der Waals surface area contributed by atoms with Gasteiger partial charge in [0, 0.05) is 18.0 Å². The van der Waals surface area contributed by atoms with Crippen molar-refractivity contribution in [3.8, 4) is 11.6 Å². The van der Waals surface area contributed by atoms with E-state index in [1.54, 1.807) is 18.2 Å². The van der Waals surface area contributed by atoms with E-state index in [-0.39, 0.29) is 34.7 Å². The van der Waals surface area contributed by atoms with Crippen LogP contribution < -0.4 is 10.1 Å². The number of carbonyl (C=O) groups is 1. The monoisotopic (exact) mass is 377 g/mol. The molecule has 0 aliphatic rings. The Balaban J connectivity index is 1.87. The highest BCUT2D eigenvalue weighted by Crippen LogP contribution is 2.28. The maximum atomic E-state index is 12.8. The van der Waals surface area contributed by atoms with E-state index >= 15 is 0 Å². The van der Waals surface area contributed by atoms with Crippen LogP contribution >= 0.6 is 0 Å². The second-order valence-corrected chi connectivity index (χ2v) is 6.41. The molecule has 3 rings (SSSR count). The van der Waals surface area contributed by atoms with Gasteiger partial charge in [-0.15, -0.1) is 0 Å². The summed E-state index contributed by atoms with van der Waals surface area (Å²) < 4.78 is 5.66. The zero-order chi connectivity index (χ0) is 20.1. The Bertz CT molecular complexity index is 1020. The fraction of sp³-hybridized carbons (Fsp3) is 0.143. The molecule has 0 atom stereocenters. The van der Waals surface area contributed by atoms with Gasteiger partial charge in [0.2, 0.25) is 5.88 Å². The summed E-state index contributed by atoms with van der Waals surface area (Å²) in [5.74, 6) is 0.166. The minimum absolute atomic E-state index is 0.0718. The Morgan fingerprint density at radius 2 is 1.89 bits per heavy atom. The lowest BCUT2D eigenvalue weighted by Crippen LogP contribution is -2.15. The number of nitrogens with zero attached hydrogens (tertiary/aromatic N) is 2. The van der Waals surface area contributed by atoms with Crippen molar-refractivity contribution in [2.45, 2.75) is 19.8 Å². The van der Waals surface area contributed by atoms with E-state index in [9.17, 15) is 14.9 Å². The number of ether oxygens (including phenoxy) is 1. The van der Waals surface area contributed by atoms with Gasteiger partial charge in [-0.25, -0.2) is 4.98 Å². The molecular formula is C21H19N3O4. The number of hydrogen-bond donors (Lipinski definition) is 1. The van der Waals surface area contributed by atoms with Gasteiger partial charge in [0.1, 0.15) is 11.3 Å². The summed E-state index contributed by atoms with van der Waals surface area (Å²) in [5, 5.41) is 13.8. The van der Waals surface area contributed by atoms with E-state index in [2.05, 4.69) is 10.3 Å². The molecule has 1 aromatic heterocycles. The van der Waals surface area contributed by atoms with Crippen molar-refractivity contribution in [2.75, 3.05) is 5.32 Å². The first-order valence-corrected chi connectivity index (χ1v) is 8.73. The molecule has 3 aromatic rings. The summed E-state index contributed by atoms with van der Waals surface area (Å²) in [6, 6.07) is 16.5. The van der Waals surface area contributed by atoms with Crippen molar-refractivity contribution in [2.24, 2.45) is 0 Å². The van der Waals surface area contributed by atoms with Crippen molar-refractivity contribution in [1.82, 2.24) is 4.98 Å². The molecule has 0 radical (unpaired) electrons. The standard InChI is InChI=1S/C21H19N3O4/c1-14(2)17-9-3-4-11-19(17)23-20(25)18-10-6-12-22-21(18)28-16-8-5-7-15(13-16)24(26)27/h3-14H,1-2H3,(H,23,25). The van der Waals surface area contributed by atoms with Gasteiger partial charge >= 0.3 is 0 Å². The van der Waals surface area contributed by atoms with Gasteiger partial charge in [-0.05, 0) is 35.7 Å². The van der Waals surface area contributed by atoms with Gasteiger partial charge in [0.15, 0.2) is 0 Å². The van der Waals surface area contributed by atoms with Crippen LogP contribution in [0.1, 0.15) is 35.7 Å². The number of non-ortho nitro benzene ring substituents is 1. The molecule has 0 fully saturated rings. The quantitative estimate of drug-likeness (QED) is 0.473. The molecular weight excluding hydrogens is 358 g/mol. The summed E-state index contributed by atoms with van der Waals surface area (Å²) in [4.78, 5) is 27.4. The number of anilines is 1. The molecule has 1 amide bonds. The van der Waals surface area contributed by atoms with E-state index in [1.165, 1.54) is 24.4 Å². The number of hydrogen-bond acceptors (Lipinski definition) is 5. The summed E-state index contributed by atoms with van der Waals surface area (Å²) >= 11 is 0. The van der Waals surface area contributed by atoms with Gasteiger partial charge < -0.3 is 10.1 Å². The third-order valence-corrected chi connectivity index (χ3v) is 4.09. The fourth-order valence-electron chi connectivity index (χ4n) is 2.72. The number of carbonyl (C=O) groups excluding carboxylic acids is 1. The maximum Gasteiger partial charge on any atom is 0.273 e. The van der Waals surface area contributed by atoms with E-state index in [1.807, 2.05) is 38.1 Å². The van der Waals surface area contributed by atoms with Crippen LogP contribution in [-0.4, -0.2) is 15.8 Å². The SMILES string of the molecule is CC(C)c1ccccc1NC(=O)c1cccnc1Oc1cccc([N+](=O)[O-])c1. The average molecular weight is 377 g/mol. The lowest BCUT2D eigenvalue weighted by atomic mass is 10.0. The first-order chi connectivity index (χ1) is 13.5. The third kappa shape index (κ3) is 4.32. The summed E-state index contributed by atoms with van der Waals surface area (Å²) in [6.07, 6.45) is 1.49. The second-order valence-electron chi connectivity index (χ2n) is 6.41. The molecule has 1 N–H and O–H groups in total. The molecule has 0 saturated heterocycles. The Hall–Kier alpha value is -3.74. The molecule has 0 bridgehead atoms. The molecule has 0 unspecified atom stereocenters. The van der Waals surface area contributed by atoms with E-state index in [0.29, 0.717) is 5.69 Å². The van der Waals surface area contributed by atoms with Crippen LogP contribution in [0.15, 0.2) is 66.9 Å². The van der Waals surface area contributed by atoms with Crippen molar-refractivity contribution in [1.29, 1.82) is 0 Å². The topological polar surface area (TPSA) is 94.4 Å². The van der Waals surface area contributed by atoms with Crippen molar-refractivity contribution in [3.63, 3.8) is 0 Å². The number of nitrogens with one attached hydrogen (secondary N) is 1. The summed E-state index contributed by atoms with van der Waals surface area (Å²) in [6.45, 7) is 4.10. The molecule has 142 valence electrons. The van der Waals surface area contributed by atoms with Gasteiger partial charge in [0.05, 0.1) is 11.0 Å². The predicted octanol–water partition coefficient (Wildman–Crippen LogP) is 5.16. The van der Waals surface area contributed by atoms with Gasteiger partial charge in [0.25, 0.3) is 11.6 Å². The first-order valence-electron chi connectivity index (χ1n) is 8.73. The Morgan fingerprint density at radius 1 is 1.11 bits per heavy atom. The number of para-hydroxylation sites is 1. The Kier molecular flexibility index (Phi) is 5.64. The van der Waals surface area contributed by atoms with E-state index < -0.39 is 4.92 Å². The highest BCUT2D eigenvalue weighted by Gasteiger charge is 2.17. The van der Waals surface area contributed by atoms with Crippen molar-refractivity contribution in [3.05, 3.63) is 88.1 Å². The first kappa shape index (κ1) is 19.0. The largest absolute Gasteiger partial charge is 0.438 e. The van der Waals surface area contributed by atoms with Crippen LogP contribution in [-0.2, 0) is 0 Å².